The number of aromatic hydroxyl groups is 2. The highest BCUT2D eigenvalue weighted by Crippen LogP contribution is 2.39. The number of aryl methyl sites for hydroxylation is 2. The number of anilines is 1. The van der Waals surface area contributed by atoms with Gasteiger partial charge >= 0.3 is 0 Å². The Morgan fingerprint density at radius 3 is 2.57 bits per heavy atom. The van der Waals surface area contributed by atoms with Crippen molar-refractivity contribution in [3.05, 3.63) is 89.2 Å². The van der Waals surface area contributed by atoms with Gasteiger partial charge in [0.1, 0.15) is 22.8 Å². The van der Waals surface area contributed by atoms with Crippen LogP contribution in [0.15, 0.2) is 66.9 Å². The van der Waals surface area contributed by atoms with Crippen LogP contribution in [0.1, 0.15) is 28.4 Å². The van der Waals surface area contributed by atoms with E-state index in [1.807, 2.05) is 68.4 Å². The Bertz CT molecular complexity index is 1160. The summed E-state index contributed by atoms with van der Waals surface area (Å²) in [5.74, 6) is 0.895. The zero-order chi connectivity index (χ0) is 19.7. The number of phenols is 2. The van der Waals surface area contributed by atoms with E-state index in [-0.39, 0.29) is 11.5 Å². The number of nitrogens with one attached hydrogen (secondary N) is 1. The van der Waals surface area contributed by atoms with Crippen LogP contribution in [0.5, 0.6) is 11.5 Å². The number of rotatable bonds is 4. The number of nitrogens with zero attached hydrogens (tertiary/aromatic N) is 2. The molecule has 3 N–H and O–H groups in total. The first-order valence-corrected chi connectivity index (χ1v) is 9.09. The first-order chi connectivity index (χ1) is 13.5. The molecule has 0 aliphatic carbocycles. The first kappa shape index (κ1) is 17.8. The molecule has 1 atom stereocenters. The van der Waals surface area contributed by atoms with Crippen LogP contribution < -0.4 is 5.32 Å². The fourth-order valence-corrected chi connectivity index (χ4v) is 3.38. The Morgan fingerprint density at radius 2 is 1.75 bits per heavy atom. The lowest BCUT2D eigenvalue weighted by Crippen LogP contribution is -2.14. The van der Waals surface area contributed by atoms with Crippen molar-refractivity contribution in [2.45, 2.75) is 19.9 Å². The van der Waals surface area contributed by atoms with E-state index < -0.39 is 6.04 Å². The van der Waals surface area contributed by atoms with Crippen LogP contribution in [0.2, 0.25) is 0 Å². The van der Waals surface area contributed by atoms with Crippen LogP contribution in [-0.2, 0) is 0 Å². The van der Waals surface area contributed by atoms with Gasteiger partial charge in [-0.1, -0.05) is 35.9 Å². The van der Waals surface area contributed by atoms with Gasteiger partial charge < -0.3 is 15.5 Å². The van der Waals surface area contributed by atoms with Crippen molar-refractivity contribution in [1.82, 2.24) is 9.97 Å². The number of fused-ring (bicyclic) bond motifs is 1. The molecule has 5 heteroatoms. The molecule has 0 saturated heterocycles. The predicted octanol–water partition coefficient (Wildman–Crippen LogP) is 4.86. The molecule has 0 amide bonds. The first-order valence-electron chi connectivity index (χ1n) is 9.09. The molecule has 0 unspecified atom stereocenters. The summed E-state index contributed by atoms with van der Waals surface area (Å²) in [4.78, 5) is 8.84. The number of aromatic nitrogens is 2. The second-order valence-corrected chi connectivity index (χ2v) is 6.88. The summed E-state index contributed by atoms with van der Waals surface area (Å²) >= 11 is 0. The number of phenolic OH excluding ortho intramolecular Hbond substituents is 2. The van der Waals surface area contributed by atoms with Gasteiger partial charge in [-0.2, -0.15) is 0 Å². The van der Waals surface area contributed by atoms with E-state index in [4.69, 9.17) is 0 Å². The maximum atomic E-state index is 11.0. The molecule has 0 aliphatic heterocycles. The summed E-state index contributed by atoms with van der Waals surface area (Å²) in [6.07, 6.45) is 1.65. The third-order valence-corrected chi connectivity index (χ3v) is 4.76. The molecule has 4 aromatic rings. The van der Waals surface area contributed by atoms with Crippen LogP contribution in [0.3, 0.4) is 0 Å². The standard InChI is InChI=1S/C23H21N3O2/c1-14-8-11-19(27)18(13-14)22(26-20-7-3-5-15(2)25-20)17-10-9-16-6-4-12-24-21(16)23(17)28/h3-13,22,27-28H,1-2H3,(H,25,26)/t22-/m0/s1. The van der Waals surface area contributed by atoms with Crippen LogP contribution in [0, 0.1) is 13.8 Å². The fourth-order valence-electron chi connectivity index (χ4n) is 3.38. The topological polar surface area (TPSA) is 78.3 Å². The Morgan fingerprint density at radius 1 is 0.893 bits per heavy atom. The Hall–Kier alpha value is -3.60. The third kappa shape index (κ3) is 3.34. The Kier molecular flexibility index (Phi) is 4.57. The average molecular weight is 371 g/mol. The number of pyridine rings is 2. The van der Waals surface area contributed by atoms with Crippen molar-refractivity contribution in [1.29, 1.82) is 0 Å². The maximum Gasteiger partial charge on any atom is 0.147 e. The number of hydrogen-bond donors (Lipinski definition) is 3. The summed E-state index contributed by atoms with van der Waals surface area (Å²) < 4.78 is 0. The van der Waals surface area contributed by atoms with Gasteiger partial charge in [0.15, 0.2) is 0 Å². The quantitative estimate of drug-likeness (QED) is 0.477. The van der Waals surface area contributed by atoms with Crippen LogP contribution in [-0.4, -0.2) is 20.2 Å². The van der Waals surface area contributed by atoms with E-state index in [0.717, 1.165) is 16.6 Å². The van der Waals surface area contributed by atoms with Crippen molar-refractivity contribution in [2.24, 2.45) is 0 Å². The van der Waals surface area contributed by atoms with Crippen molar-refractivity contribution < 1.29 is 10.2 Å². The largest absolute Gasteiger partial charge is 0.508 e. The van der Waals surface area contributed by atoms with E-state index in [1.165, 1.54) is 0 Å². The van der Waals surface area contributed by atoms with Crippen LogP contribution in [0.4, 0.5) is 5.82 Å². The van der Waals surface area contributed by atoms with E-state index in [0.29, 0.717) is 22.5 Å². The van der Waals surface area contributed by atoms with Gasteiger partial charge in [-0.3, -0.25) is 4.98 Å². The minimum absolute atomic E-state index is 0.0872. The summed E-state index contributed by atoms with van der Waals surface area (Å²) in [5.41, 5.74) is 3.69. The molecule has 0 saturated carbocycles. The second kappa shape index (κ2) is 7.19. The molecule has 2 aromatic carbocycles. The van der Waals surface area contributed by atoms with Crippen LogP contribution in [0.25, 0.3) is 10.9 Å². The van der Waals surface area contributed by atoms with Crippen molar-refractivity contribution in [3.8, 4) is 11.5 Å². The molecule has 0 radical (unpaired) electrons. The molecule has 2 heterocycles. The Balaban J connectivity index is 1.90. The van der Waals surface area contributed by atoms with Gasteiger partial charge in [0.2, 0.25) is 0 Å². The van der Waals surface area contributed by atoms with E-state index in [1.54, 1.807) is 12.3 Å². The lowest BCUT2D eigenvalue weighted by atomic mass is 9.94. The smallest absolute Gasteiger partial charge is 0.147 e. The highest BCUT2D eigenvalue weighted by atomic mass is 16.3. The molecule has 140 valence electrons. The molecular formula is C23H21N3O2. The lowest BCUT2D eigenvalue weighted by Gasteiger charge is -2.23. The zero-order valence-corrected chi connectivity index (χ0v) is 15.7. The van der Waals surface area contributed by atoms with Crippen LogP contribution >= 0.6 is 0 Å². The predicted molar refractivity (Wildman–Crippen MR) is 111 cm³/mol. The summed E-state index contributed by atoms with van der Waals surface area (Å²) in [6.45, 7) is 3.88. The number of benzene rings is 2. The van der Waals surface area contributed by atoms with E-state index in [2.05, 4.69) is 15.3 Å². The molecule has 5 nitrogen and oxygen atoms in total. The normalized spacial score (nSPS) is 12.1. The van der Waals surface area contributed by atoms with Gasteiger partial charge in [0, 0.05) is 28.4 Å². The van der Waals surface area contributed by atoms with E-state index >= 15 is 0 Å². The van der Waals surface area contributed by atoms with E-state index in [9.17, 15) is 10.2 Å². The molecule has 0 spiro atoms. The lowest BCUT2D eigenvalue weighted by molar-refractivity contribution is 0.459. The Labute approximate surface area is 163 Å². The molecule has 0 fully saturated rings. The van der Waals surface area contributed by atoms with Gasteiger partial charge in [-0.05, 0) is 44.2 Å². The van der Waals surface area contributed by atoms with Gasteiger partial charge in [0.05, 0.1) is 6.04 Å². The third-order valence-electron chi connectivity index (χ3n) is 4.76. The minimum atomic E-state index is -0.499. The highest BCUT2D eigenvalue weighted by Gasteiger charge is 2.23. The average Bonchev–Trinajstić information content (AvgIpc) is 2.69. The number of hydrogen-bond acceptors (Lipinski definition) is 5. The molecule has 28 heavy (non-hydrogen) atoms. The molecule has 2 aromatic heterocycles. The van der Waals surface area contributed by atoms with Crippen molar-refractivity contribution >= 4 is 16.7 Å². The summed E-state index contributed by atoms with van der Waals surface area (Å²) in [7, 11) is 0. The maximum absolute atomic E-state index is 11.0. The van der Waals surface area contributed by atoms with Crippen molar-refractivity contribution in [2.75, 3.05) is 5.32 Å². The minimum Gasteiger partial charge on any atom is -0.508 e. The molecule has 4 rings (SSSR count). The van der Waals surface area contributed by atoms with Gasteiger partial charge in [-0.15, -0.1) is 0 Å². The molecule has 0 aliphatic rings. The second-order valence-electron chi connectivity index (χ2n) is 6.88. The molecule has 0 bridgehead atoms. The highest BCUT2D eigenvalue weighted by molar-refractivity contribution is 5.86. The monoisotopic (exact) mass is 371 g/mol. The summed E-state index contributed by atoms with van der Waals surface area (Å²) in [6, 6.07) is 18.1. The SMILES string of the molecule is Cc1ccc(O)c([C@@H](Nc2cccc(C)n2)c2ccc3cccnc3c2O)c1. The summed E-state index contributed by atoms with van der Waals surface area (Å²) in [5, 5.41) is 25.7. The molecular weight excluding hydrogens is 350 g/mol. The fraction of sp³-hybridized carbons (Fsp3) is 0.130. The zero-order valence-electron chi connectivity index (χ0n) is 15.7. The van der Waals surface area contributed by atoms with Crippen molar-refractivity contribution in [3.63, 3.8) is 0 Å². The van der Waals surface area contributed by atoms with Gasteiger partial charge in [-0.25, -0.2) is 4.98 Å². The van der Waals surface area contributed by atoms with Gasteiger partial charge in [0.25, 0.3) is 0 Å².